The summed E-state index contributed by atoms with van der Waals surface area (Å²) in [6.45, 7) is 0. The summed E-state index contributed by atoms with van der Waals surface area (Å²) in [6.07, 6.45) is 2.28. The van der Waals surface area contributed by atoms with Crippen molar-refractivity contribution in [3.05, 3.63) is 18.2 Å². The fourth-order valence-electron chi connectivity index (χ4n) is 3.99. The van der Waals surface area contributed by atoms with E-state index < -0.39 is 12.5 Å². The van der Waals surface area contributed by atoms with Gasteiger partial charge in [-0.05, 0) is 32.1 Å². The van der Waals surface area contributed by atoms with Crippen LogP contribution in [0.3, 0.4) is 0 Å². The lowest BCUT2D eigenvalue weighted by Crippen LogP contribution is -2.76. The second kappa shape index (κ2) is 3.57. The number of ether oxygens (including phenoxy) is 1. The van der Waals surface area contributed by atoms with Crippen molar-refractivity contribution in [2.24, 2.45) is 5.73 Å². The van der Waals surface area contributed by atoms with Crippen LogP contribution in [-0.4, -0.2) is 27.6 Å². The van der Waals surface area contributed by atoms with Gasteiger partial charge in [0.1, 0.15) is 0 Å². The zero-order valence-electron chi connectivity index (χ0n) is 10.9. The van der Waals surface area contributed by atoms with Crippen LogP contribution < -0.4 is 5.73 Å². The number of halogens is 3. The Morgan fingerprint density at radius 1 is 1.30 bits per heavy atom. The highest BCUT2D eigenvalue weighted by Gasteiger charge is 2.67. The highest BCUT2D eigenvalue weighted by atomic mass is 19.4. The van der Waals surface area contributed by atoms with E-state index in [9.17, 15) is 13.2 Å². The summed E-state index contributed by atoms with van der Waals surface area (Å²) in [4.78, 5) is 4.35. The number of aromatic nitrogens is 2. The first-order valence-electron chi connectivity index (χ1n) is 6.85. The second-order valence-electron chi connectivity index (χ2n) is 6.68. The topological polar surface area (TPSA) is 53.1 Å². The summed E-state index contributed by atoms with van der Waals surface area (Å²) >= 11 is 0. The van der Waals surface area contributed by atoms with E-state index in [1.807, 2.05) is 6.20 Å². The second-order valence-corrected chi connectivity index (χ2v) is 6.68. The molecule has 1 aromatic heterocycles. The van der Waals surface area contributed by atoms with Gasteiger partial charge in [0.25, 0.3) is 0 Å². The molecule has 4 nitrogen and oxygen atoms in total. The largest absolute Gasteiger partial charge is 0.522 e. The molecule has 1 heterocycles. The molecular weight excluding hydrogens is 271 g/mol. The average molecular weight is 287 g/mol. The lowest BCUT2D eigenvalue weighted by atomic mass is 9.44. The third kappa shape index (κ3) is 1.79. The van der Waals surface area contributed by atoms with Crippen molar-refractivity contribution in [1.82, 2.24) is 9.55 Å². The van der Waals surface area contributed by atoms with Crippen molar-refractivity contribution in [2.45, 2.75) is 61.6 Å². The minimum absolute atomic E-state index is 0.0343. The number of nitrogens with zero attached hydrogens (tertiary/aromatic N) is 2. The molecule has 0 aliphatic heterocycles. The lowest BCUT2D eigenvalue weighted by Gasteiger charge is -2.69. The average Bonchev–Trinajstić information content (AvgIpc) is 2.64. The van der Waals surface area contributed by atoms with Gasteiger partial charge in [0.2, 0.25) is 0 Å². The van der Waals surface area contributed by atoms with Crippen LogP contribution in [0.25, 0.3) is 0 Å². The molecule has 0 radical (unpaired) electrons. The maximum Gasteiger partial charge on any atom is 0.522 e. The molecule has 2 N–H and O–H groups in total. The van der Waals surface area contributed by atoms with Gasteiger partial charge in [-0.25, -0.2) is 4.98 Å². The third-order valence-corrected chi connectivity index (χ3v) is 5.01. The molecule has 7 heteroatoms. The van der Waals surface area contributed by atoms with E-state index in [-0.39, 0.29) is 17.0 Å². The van der Waals surface area contributed by atoms with Gasteiger partial charge in [-0.2, -0.15) is 0 Å². The number of hydrogen-bond acceptors (Lipinski definition) is 3. The molecule has 4 fully saturated rings. The van der Waals surface area contributed by atoms with Gasteiger partial charge in [0.05, 0.1) is 23.7 Å². The quantitative estimate of drug-likeness (QED) is 0.927. The van der Waals surface area contributed by atoms with Gasteiger partial charge in [0.15, 0.2) is 0 Å². The predicted octanol–water partition coefficient (Wildman–Crippen LogP) is 2.26. The maximum absolute atomic E-state index is 12.1. The number of imidazole rings is 1. The normalized spacial score (nSPS) is 42.6. The van der Waals surface area contributed by atoms with Crippen LogP contribution in [0.2, 0.25) is 0 Å². The first-order chi connectivity index (χ1) is 9.27. The van der Waals surface area contributed by atoms with Gasteiger partial charge in [-0.15, -0.1) is 13.2 Å². The summed E-state index contributed by atoms with van der Waals surface area (Å²) in [5.74, 6) is 0.0859. The number of hydrogen-bond donors (Lipinski definition) is 1. The smallest absolute Gasteiger partial charge is 0.331 e. The van der Waals surface area contributed by atoms with Crippen molar-refractivity contribution in [1.29, 1.82) is 0 Å². The van der Waals surface area contributed by atoms with E-state index in [2.05, 4.69) is 14.3 Å². The Labute approximate surface area is 114 Å². The van der Waals surface area contributed by atoms with Gasteiger partial charge in [-0.1, -0.05) is 0 Å². The number of rotatable bonds is 3. The molecule has 0 aromatic carbocycles. The third-order valence-electron chi connectivity index (χ3n) is 5.01. The van der Waals surface area contributed by atoms with Gasteiger partial charge >= 0.3 is 6.36 Å². The Kier molecular flexibility index (Phi) is 2.26. The van der Waals surface area contributed by atoms with E-state index in [1.54, 1.807) is 6.33 Å². The Morgan fingerprint density at radius 2 is 1.95 bits per heavy atom. The molecule has 4 saturated carbocycles. The lowest BCUT2D eigenvalue weighted by molar-refractivity contribution is -0.351. The molecule has 1 aromatic rings. The van der Waals surface area contributed by atoms with Gasteiger partial charge in [-0.3, -0.25) is 4.74 Å². The maximum atomic E-state index is 12.1. The van der Waals surface area contributed by atoms with Crippen LogP contribution in [0.1, 0.15) is 43.7 Å². The molecule has 20 heavy (non-hydrogen) atoms. The van der Waals surface area contributed by atoms with Crippen molar-refractivity contribution < 1.29 is 17.9 Å². The fourth-order valence-corrected chi connectivity index (χ4v) is 3.99. The summed E-state index contributed by atoms with van der Waals surface area (Å²) in [6, 6.07) is 0. The van der Waals surface area contributed by atoms with Crippen molar-refractivity contribution in [2.75, 3.05) is 0 Å². The zero-order chi connectivity index (χ0) is 14.2. The van der Waals surface area contributed by atoms with Gasteiger partial charge < -0.3 is 10.3 Å². The van der Waals surface area contributed by atoms with E-state index in [0.717, 1.165) is 25.0 Å². The fraction of sp³-hybridized carbons (Fsp3) is 0.769. The highest BCUT2D eigenvalue weighted by Crippen LogP contribution is 2.63. The molecule has 0 atom stereocenters. The summed E-state index contributed by atoms with van der Waals surface area (Å²) in [7, 11) is 0. The van der Waals surface area contributed by atoms with Crippen LogP contribution in [0.4, 0.5) is 13.2 Å². The van der Waals surface area contributed by atoms with Gasteiger partial charge in [0, 0.05) is 17.7 Å². The minimum atomic E-state index is -4.53. The van der Waals surface area contributed by atoms with Crippen LogP contribution in [0.15, 0.2) is 12.5 Å². The van der Waals surface area contributed by atoms with Crippen molar-refractivity contribution >= 4 is 0 Å². The van der Waals surface area contributed by atoms with Crippen molar-refractivity contribution in [3.63, 3.8) is 0 Å². The number of alkyl halides is 3. The summed E-state index contributed by atoms with van der Waals surface area (Å²) < 4.78 is 42.3. The highest BCUT2D eigenvalue weighted by molar-refractivity contribution is 5.27. The predicted molar refractivity (Wildman–Crippen MR) is 63.9 cm³/mol. The molecular formula is C13H16F3N3O. The SMILES string of the molecule is NC12CC(n3cnc(C4CC(OC(F)(F)F)C4)c3)(C1)C2. The molecule has 5 rings (SSSR count). The summed E-state index contributed by atoms with van der Waals surface area (Å²) in [5.41, 5.74) is 7.09. The van der Waals surface area contributed by atoms with E-state index in [1.165, 1.54) is 0 Å². The Balaban J connectivity index is 1.37. The van der Waals surface area contributed by atoms with Crippen LogP contribution >= 0.6 is 0 Å². The summed E-state index contributed by atoms with van der Waals surface area (Å²) in [5, 5.41) is 0. The molecule has 110 valence electrons. The van der Waals surface area contributed by atoms with E-state index in [4.69, 9.17) is 5.73 Å². The Hall–Kier alpha value is -1.08. The molecule has 0 spiro atoms. The van der Waals surface area contributed by atoms with E-state index in [0.29, 0.717) is 12.8 Å². The zero-order valence-corrected chi connectivity index (χ0v) is 10.9. The van der Waals surface area contributed by atoms with E-state index >= 15 is 0 Å². The van der Waals surface area contributed by atoms with Crippen LogP contribution in [0.5, 0.6) is 0 Å². The van der Waals surface area contributed by atoms with Crippen LogP contribution in [-0.2, 0) is 10.3 Å². The molecule has 0 amide bonds. The first-order valence-corrected chi connectivity index (χ1v) is 6.85. The molecule has 0 saturated heterocycles. The molecule has 4 aliphatic rings. The molecule has 0 unspecified atom stereocenters. The first kappa shape index (κ1) is 12.6. The number of nitrogens with two attached hydrogens (primary N) is 1. The Bertz CT molecular complexity index is 528. The van der Waals surface area contributed by atoms with Crippen molar-refractivity contribution in [3.8, 4) is 0 Å². The van der Waals surface area contributed by atoms with Crippen LogP contribution in [0, 0.1) is 0 Å². The monoisotopic (exact) mass is 287 g/mol. The molecule has 2 bridgehead atoms. The minimum Gasteiger partial charge on any atom is -0.331 e. The Morgan fingerprint density at radius 3 is 2.50 bits per heavy atom. The standard InChI is InChI=1S/C13H16F3N3O/c14-13(15,16)20-9-1-8(2-9)10-3-19(7-18-10)12-4-11(17,5-12)6-12/h3,7-9H,1-2,4-6,17H2. The molecule has 4 aliphatic carbocycles.